The van der Waals surface area contributed by atoms with Crippen LogP contribution in [0.4, 0.5) is 4.79 Å². The van der Waals surface area contributed by atoms with Gasteiger partial charge >= 0.3 is 6.09 Å². The minimum absolute atomic E-state index is 0.197. The molecule has 0 aromatic heterocycles. The van der Waals surface area contributed by atoms with Crippen LogP contribution in [0.25, 0.3) is 0 Å². The molecule has 1 amide bonds. The maximum absolute atomic E-state index is 11.9. The van der Waals surface area contributed by atoms with Crippen LogP contribution in [-0.4, -0.2) is 41.8 Å². The molecule has 1 saturated heterocycles. The van der Waals surface area contributed by atoms with Gasteiger partial charge < -0.3 is 15.0 Å². The summed E-state index contributed by atoms with van der Waals surface area (Å²) in [6.45, 7) is 13.1. The monoisotopic (exact) mass is 254 g/mol. The van der Waals surface area contributed by atoms with Crippen molar-refractivity contribution >= 4 is 6.09 Å². The Morgan fingerprint density at radius 1 is 1.44 bits per heavy atom. The van der Waals surface area contributed by atoms with Gasteiger partial charge in [0.2, 0.25) is 0 Å². The first-order chi connectivity index (χ1) is 8.31. The van der Waals surface area contributed by atoms with Crippen LogP contribution in [0.5, 0.6) is 0 Å². The molecule has 0 bridgehead atoms. The van der Waals surface area contributed by atoms with E-state index < -0.39 is 5.60 Å². The van der Waals surface area contributed by atoms with Gasteiger partial charge in [-0.3, -0.25) is 0 Å². The van der Waals surface area contributed by atoms with Gasteiger partial charge in [0.1, 0.15) is 5.60 Å². The van der Waals surface area contributed by atoms with Gasteiger partial charge in [0, 0.05) is 25.2 Å². The second-order valence-electron chi connectivity index (χ2n) is 5.93. The number of nitrogens with one attached hydrogen (secondary N) is 1. The van der Waals surface area contributed by atoms with Gasteiger partial charge in [0.25, 0.3) is 0 Å². The average molecular weight is 254 g/mol. The number of carbonyl (C=O) groups is 1. The van der Waals surface area contributed by atoms with Crippen LogP contribution in [0.2, 0.25) is 0 Å². The maximum atomic E-state index is 11.9. The van der Waals surface area contributed by atoms with Gasteiger partial charge in [-0.05, 0) is 40.5 Å². The number of amides is 1. The van der Waals surface area contributed by atoms with Crippen molar-refractivity contribution in [2.24, 2.45) is 0 Å². The van der Waals surface area contributed by atoms with Gasteiger partial charge in [-0.15, -0.1) is 6.58 Å². The Labute approximate surface area is 110 Å². The van der Waals surface area contributed by atoms with Crippen molar-refractivity contribution in [2.45, 2.75) is 58.2 Å². The lowest BCUT2D eigenvalue weighted by atomic mass is 10.0. The molecule has 18 heavy (non-hydrogen) atoms. The third-order valence-corrected chi connectivity index (χ3v) is 3.00. The largest absolute Gasteiger partial charge is 0.444 e. The zero-order chi connectivity index (χ0) is 13.8. The molecule has 0 saturated carbocycles. The topological polar surface area (TPSA) is 41.6 Å². The predicted molar refractivity (Wildman–Crippen MR) is 73.6 cm³/mol. The summed E-state index contributed by atoms with van der Waals surface area (Å²) in [5, 5.41) is 3.48. The molecule has 104 valence electrons. The molecular weight excluding hydrogens is 228 g/mol. The molecule has 1 atom stereocenters. The van der Waals surface area contributed by atoms with Crippen LogP contribution in [0.15, 0.2) is 12.7 Å². The van der Waals surface area contributed by atoms with Crippen molar-refractivity contribution < 1.29 is 9.53 Å². The van der Waals surface area contributed by atoms with E-state index >= 15 is 0 Å². The molecule has 0 radical (unpaired) electrons. The van der Waals surface area contributed by atoms with Crippen LogP contribution in [0.1, 0.15) is 40.5 Å². The lowest BCUT2D eigenvalue weighted by molar-refractivity contribution is 0.0197. The zero-order valence-electron chi connectivity index (χ0n) is 12.0. The highest BCUT2D eigenvalue weighted by Gasteiger charge is 2.26. The molecule has 1 unspecified atom stereocenters. The molecule has 1 N–H and O–H groups in total. The quantitative estimate of drug-likeness (QED) is 0.787. The van der Waals surface area contributed by atoms with E-state index in [0.29, 0.717) is 12.1 Å². The number of rotatable bonds is 3. The number of hydrogen-bond donors (Lipinski definition) is 1. The Balaban J connectivity index is 2.35. The predicted octanol–water partition coefficient (Wildman–Crippen LogP) is 2.55. The normalized spacial score (nSPS) is 19.4. The maximum Gasteiger partial charge on any atom is 0.410 e. The SMILES string of the molecule is C=CC(C)NC1CCN(C(=O)OC(C)(C)C)CC1. The van der Waals surface area contributed by atoms with E-state index in [9.17, 15) is 4.79 Å². The Bertz CT molecular complexity index is 289. The number of nitrogens with zero attached hydrogens (tertiary/aromatic N) is 1. The van der Waals surface area contributed by atoms with Crippen molar-refractivity contribution in [3.8, 4) is 0 Å². The van der Waals surface area contributed by atoms with Gasteiger partial charge in [0.05, 0.1) is 0 Å². The Kier molecular flexibility index (Phi) is 5.20. The zero-order valence-corrected chi connectivity index (χ0v) is 12.0. The molecule has 1 aliphatic heterocycles. The molecule has 0 spiro atoms. The summed E-state index contributed by atoms with van der Waals surface area (Å²) in [6.07, 6.45) is 3.65. The molecule has 0 aliphatic carbocycles. The smallest absolute Gasteiger partial charge is 0.410 e. The van der Waals surface area contributed by atoms with Gasteiger partial charge in [-0.2, -0.15) is 0 Å². The first-order valence-electron chi connectivity index (χ1n) is 6.68. The van der Waals surface area contributed by atoms with E-state index in [4.69, 9.17) is 4.74 Å². The number of hydrogen-bond acceptors (Lipinski definition) is 3. The lowest BCUT2D eigenvalue weighted by Crippen LogP contribution is -2.48. The van der Waals surface area contributed by atoms with E-state index in [1.165, 1.54) is 0 Å². The van der Waals surface area contributed by atoms with Crippen LogP contribution in [0, 0.1) is 0 Å². The summed E-state index contributed by atoms with van der Waals surface area (Å²) < 4.78 is 5.37. The minimum Gasteiger partial charge on any atom is -0.444 e. The Hall–Kier alpha value is -1.03. The third-order valence-electron chi connectivity index (χ3n) is 3.00. The molecule has 1 heterocycles. The minimum atomic E-state index is -0.413. The number of ether oxygens (including phenoxy) is 1. The van der Waals surface area contributed by atoms with Crippen LogP contribution in [-0.2, 0) is 4.74 Å². The molecule has 4 nitrogen and oxygen atoms in total. The summed E-state index contributed by atoms with van der Waals surface area (Å²) in [5.41, 5.74) is -0.413. The molecule has 0 aromatic carbocycles. The first kappa shape index (κ1) is 15.0. The summed E-state index contributed by atoms with van der Waals surface area (Å²) in [5.74, 6) is 0. The highest BCUT2D eigenvalue weighted by Crippen LogP contribution is 2.15. The number of carbonyl (C=O) groups excluding carboxylic acids is 1. The van der Waals surface area contributed by atoms with E-state index in [2.05, 4.69) is 18.8 Å². The lowest BCUT2D eigenvalue weighted by Gasteiger charge is -2.34. The average Bonchev–Trinajstić information content (AvgIpc) is 2.27. The van der Waals surface area contributed by atoms with Crippen molar-refractivity contribution in [1.82, 2.24) is 10.2 Å². The standard InChI is InChI=1S/C14H26N2O2/c1-6-11(2)15-12-7-9-16(10-8-12)13(17)18-14(3,4)5/h6,11-12,15H,1,7-10H2,2-5H3. The molecule has 1 aliphatic rings. The second-order valence-corrected chi connectivity index (χ2v) is 5.93. The van der Waals surface area contributed by atoms with Crippen LogP contribution in [0.3, 0.4) is 0 Å². The highest BCUT2D eigenvalue weighted by atomic mass is 16.6. The van der Waals surface area contributed by atoms with Crippen molar-refractivity contribution in [1.29, 1.82) is 0 Å². The first-order valence-corrected chi connectivity index (χ1v) is 6.68. The van der Waals surface area contributed by atoms with Gasteiger partial charge in [-0.25, -0.2) is 4.79 Å². The Morgan fingerprint density at radius 3 is 2.44 bits per heavy atom. The van der Waals surface area contributed by atoms with Gasteiger partial charge in [-0.1, -0.05) is 6.08 Å². The fraction of sp³-hybridized carbons (Fsp3) is 0.786. The van der Waals surface area contributed by atoms with Crippen LogP contribution < -0.4 is 5.32 Å². The van der Waals surface area contributed by atoms with Gasteiger partial charge in [0.15, 0.2) is 0 Å². The third kappa shape index (κ3) is 5.08. The fourth-order valence-electron chi connectivity index (χ4n) is 2.00. The van der Waals surface area contributed by atoms with Crippen LogP contribution >= 0.6 is 0 Å². The second kappa shape index (κ2) is 6.23. The van der Waals surface area contributed by atoms with Crippen molar-refractivity contribution in [3.63, 3.8) is 0 Å². The summed E-state index contributed by atoms with van der Waals surface area (Å²) in [7, 11) is 0. The summed E-state index contributed by atoms with van der Waals surface area (Å²) in [4.78, 5) is 13.7. The molecule has 1 rings (SSSR count). The summed E-state index contributed by atoms with van der Waals surface area (Å²) in [6, 6.07) is 0.791. The molecule has 0 aromatic rings. The van der Waals surface area contributed by atoms with Crippen molar-refractivity contribution in [3.05, 3.63) is 12.7 Å². The van der Waals surface area contributed by atoms with E-state index in [1.807, 2.05) is 26.8 Å². The molecule has 1 fully saturated rings. The number of likely N-dealkylation sites (tertiary alicyclic amines) is 1. The van der Waals surface area contributed by atoms with E-state index in [1.54, 1.807) is 4.90 Å². The number of piperidine rings is 1. The highest BCUT2D eigenvalue weighted by molar-refractivity contribution is 5.68. The molecular formula is C14H26N2O2. The molecule has 4 heteroatoms. The van der Waals surface area contributed by atoms with E-state index in [0.717, 1.165) is 25.9 Å². The summed E-state index contributed by atoms with van der Waals surface area (Å²) >= 11 is 0. The fourth-order valence-corrected chi connectivity index (χ4v) is 2.00. The van der Waals surface area contributed by atoms with E-state index in [-0.39, 0.29) is 6.09 Å². The Morgan fingerprint density at radius 2 is 2.00 bits per heavy atom. The van der Waals surface area contributed by atoms with Crippen molar-refractivity contribution in [2.75, 3.05) is 13.1 Å².